The van der Waals surface area contributed by atoms with Crippen molar-refractivity contribution in [1.82, 2.24) is 9.19 Å². The smallest absolute Gasteiger partial charge is 0.282 e. The van der Waals surface area contributed by atoms with E-state index in [2.05, 4.69) is 10.4 Å². The normalized spacial score (nSPS) is 11.2. The van der Waals surface area contributed by atoms with Crippen LogP contribution in [-0.2, 0) is 14.8 Å². The third-order valence-electron chi connectivity index (χ3n) is 2.20. The summed E-state index contributed by atoms with van der Waals surface area (Å²) >= 11 is 0. The molecule has 0 atom stereocenters. The molecule has 7 heteroatoms. The van der Waals surface area contributed by atoms with Crippen LogP contribution in [0.15, 0.2) is 47.6 Å². The molecule has 18 heavy (non-hydrogen) atoms. The summed E-state index contributed by atoms with van der Waals surface area (Å²) < 4.78 is 25.0. The van der Waals surface area contributed by atoms with Crippen LogP contribution in [0.25, 0.3) is 0 Å². The van der Waals surface area contributed by atoms with Crippen molar-refractivity contribution >= 4 is 21.6 Å². The van der Waals surface area contributed by atoms with Gasteiger partial charge in [-0.25, -0.2) is 0 Å². The summed E-state index contributed by atoms with van der Waals surface area (Å²) in [4.78, 5) is 10.9. The average molecular weight is 265 g/mol. The first-order valence-electron chi connectivity index (χ1n) is 5.13. The minimum Gasteiger partial charge on any atom is -0.326 e. The zero-order valence-corrected chi connectivity index (χ0v) is 10.4. The van der Waals surface area contributed by atoms with E-state index in [1.807, 2.05) is 0 Å². The Labute approximate surface area is 104 Å². The molecule has 2 aromatic rings. The summed E-state index contributed by atoms with van der Waals surface area (Å²) in [6, 6.07) is 7.42. The van der Waals surface area contributed by atoms with Crippen molar-refractivity contribution in [2.24, 2.45) is 0 Å². The van der Waals surface area contributed by atoms with E-state index in [1.54, 1.807) is 0 Å². The molecule has 0 radical (unpaired) electrons. The molecule has 0 fully saturated rings. The maximum Gasteiger partial charge on any atom is 0.282 e. The molecule has 0 aliphatic heterocycles. The maximum atomic E-state index is 12.0. The van der Waals surface area contributed by atoms with Gasteiger partial charge in [-0.2, -0.15) is 17.6 Å². The van der Waals surface area contributed by atoms with Crippen LogP contribution in [-0.4, -0.2) is 23.5 Å². The van der Waals surface area contributed by atoms with E-state index in [9.17, 15) is 13.2 Å². The van der Waals surface area contributed by atoms with Gasteiger partial charge in [-0.15, -0.1) is 0 Å². The standard InChI is InChI=1S/C11H11N3O3S/c1-9(15)13-10-3-5-11(6-4-10)18(16,17)14-8-2-7-12-14/h2-8H,1H3,(H,13,15). The number of aromatic nitrogens is 2. The summed E-state index contributed by atoms with van der Waals surface area (Å²) in [5.74, 6) is -0.210. The molecule has 0 aliphatic rings. The number of carbonyl (C=O) groups is 1. The van der Waals surface area contributed by atoms with Crippen LogP contribution in [0.3, 0.4) is 0 Å². The number of carbonyl (C=O) groups excluding carboxylic acids is 1. The first-order valence-corrected chi connectivity index (χ1v) is 6.57. The highest BCUT2D eigenvalue weighted by Gasteiger charge is 2.16. The molecule has 0 bridgehead atoms. The fourth-order valence-corrected chi connectivity index (χ4v) is 2.52. The monoisotopic (exact) mass is 265 g/mol. The van der Waals surface area contributed by atoms with E-state index < -0.39 is 10.0 Å². The second-order valence-corrected chi connectivity index (χ2v) is 5.38. The molecule has 6 nitrogen and oxygen atoms in total. The van der Waals surface area contributed by atoms with E-state index in [1.165, 1.54) is 49.6 Å². The van der Waals surface area contributed by atoms with Crippen molar-refractivity contribution in [1.29, 1.82) is 0 Å². The molecule has 0 saturated heterocycles. The summed E-state index contributed by atoms with van der Waals surface area (Å²) in [5, 5.41) is 6.26. The van der Waals surface area contributed by atoms with Crippen LogP contribution >= 0.6 is 0 Å². The van der Waals surface area contributed by atoms with Crippen molar-refractivity contribution in [2.75, 3.05) is 5.32 Å². The van der Waals surface area contributed by atoms with Gasteiger partial charge in [-0.05, 0) is 30.3 Å². The number of hydrogen-bond donors (Lipinski definition) is 1. The summed E-state index contributed by atoms with van der Waals surface area (Å²) in [7, 11) is -3.65. The lowest BCUT2D eigenvalue weighted by Crippen LogP contribution is -2.13. The lowest BCUT2D eigenvalue weighted by molar-refractivity contribution is -0.114. The van der Waals surface area contributed by atoms with Gasteiger partial charge in [0.25, 0.3) is 10.0 Å². The van der Waals surface area contributed by atoms with Crippen LogP contribution in [0, 0.1) is 0 Å². The Morgan fingerprint density at radius 1 is 1.28 bits per heavy atom. The first-order chi connectivity index (χ1) is 8.50. The molecule has 1 heterocycles. The Balaban J connectivity index is 2.33. The highest BCUT2D eigenvalue weighted by Crippen LogP contribution is 2.16. The minimum atomic E-state index is -3.65. The van der Waals surface area contributed by atoms with Gasteiger partial charge in [0, 0.05) is 18.8 Å². The van der Waals surface area contributed by atoms with E-state index in [4.69, 9.17) is 0 Å². The van der Waals surface area contributed by atoms with Gasteiger partial charge < -0.3 is 5.32 Å². The first kappa shape index (κ1) is 12.3. The molecule has 0 spiro atoms. The van der Waals surface area contributed by atoms with Crippen molar-refractivity contribution in [2.45, 2.75) is 11.8 Å². The number of nitrogens with zero attached hydrogens (tertiary/aromatic N) is 2. The second-order valence-electron chi connectivity index (χ2n) is 3.59. The van der Waals surface area contributed by atoms with Gasteiger partial charge in [0.2, 0.25) is 5.91 Å². The van der Waals surface area contributed by atoms with Crippen LogP contribution < -0.4 is 5.32 Å². The quantitative estimate of drug-likeness (QED) is 0.900. The number of hydrogen-bond acceptors (Lipinski definition) is 4. The SMILES string of the molecule is CC(=O)Nc1ccc(S(=O)(=O)n2cccn2)cc1. The molecule has 0 unspecified atom stereocenters. The Kier molecular flexibility index (Phi) is 3.15. The van der Waals surface area contributed by atoms with Crippen LogP contribution in [0.2, 0.25) is 0 Å². The Morgan fingerprint density at radius 3 is 2.44 bits per heavy atom. The van der Waals surface area contributed by atoms with Gasteiger partial charge in [-0.1, -0.05) is 0 Å². The predicted octanol–water partition coefficient (Wildman–Crippen LogP) is 1.08. The van der Waals surface area contributed by atoms with Crippen molar-refractivity contribution in [3.05, 3.63) is 42.7 Å². The fraction of sp³-hybridized carbons (Fsp3) is 0.0909. The molecular formula is C11H11N3O3S. The maximum absolute atomic E-state index is 12.0. The van der Waals surface area contributed by atoms with E-state index in [0.717, 1.165) is 4.09 Å². The number of anilines is 1. The summed E-state index contributed by atoms with van der Waals surface area (Å²) in [6.07, 6.45) is 2.75. The number of nitrogens with one attached hydrogen (secondary N) is 1. The molecular weight excluding hydrogens is 254 g/mol. The minimum absolute atomic E-state index is 0.111. The molecule has 0 aliphatic carbocycles. The average Bonchev–Trinajstić information content (AvgIpc) is 2.83. The van der Waals surface area contributed by atoms with Gasteiger partial charge in [-0.3, -0.25) is 4.79 Å². The van der Waals surface area contributed by atoms with Gasteiger partial charge in [0.15, 0.2) is 0 Å². The van der Waals surface area contributed by atoms with Crippen LogP contribution in [0.5, 0.6) is 0 Å². The molecule has 0 saturated carbocycles. The van der Waals surface area contributed by atoms with E-state index in [0.29, 0.717) is 5.69 Å². The lowest BCUT2D eigenvalue weighted by atomic mass is 10.3. The number of amides is 1. The summed E-state index contributed by atoms with van der Waals surface area (Å²) in [6.45, 7) is 1.38. The fourth-order valence-electron chi connectivity index (χ4n) is 1.42. The van der Waals surface area contributed by atoms with Gasteiger partial charge in [0.05, 0.1) is 11.1 Å². The third kappa shape index (κ3) is 2.40. The Morgan fingerprint density at radius 2 is 1.94 bits per heavy atom. The second kappa shape index (κ2) is 4.61. The molecule has 1 N–H and O–H groups in total. The van der Waals surface area contributed by atoms with E-state index in [-0.39, 0.29) is 10.8 Å². The number of rotatable bonds is 3. The zero-order chi connectivity index (χ0) is 13.2. The van der Waals surface area contributed by atoms with Gasteiger partial charge in [0.1, 0.15) is 0 Å². The molecule has 1 aromatic carbocycles. The van der Waals surface area contributed by atoms with Crippen LogP contribution in [0.1, 0.15) is 6.92 Å². The molecule has 2 rings (SSSR count). The van der Waals surface area contributed by atoms with Crippen molar-refractivity contribution < 1.29 is 13.2 Å². The largest absolute Gasteiger partial charge is 0.326 e. The highest BCUT2D eigenvalue weighted by atomic mass is 32.2. The predicted molar refractivity (Wildman–Crippen MR) is 65.6 cm³/mol. The van der Waals surface area contributed by atoms with E-state index >= 15 is 0 Å². The van der Waals surface area contributed by atoms with Gasteiger partial charge >= 0.3 is 0 Å². The van der Waals surface area contributed by atoms with Crippen LogP contribution in [0.4, 0.5) is 5.69 Å². The van der Waals surface area contributed by atoms with Crippen molar-refractivity contribution in [3.8, 4) is 0 Å². The highest BCUT2D eigenvalue weighted by molar-refractivity contribution is 7.89. The Bertz CT molecular complexity index is 645. The lowest BCUT2D eigenvalue weighted by Gasteiger charge is -2.06. The number of benzene rings is 1. The topological polar surface area (TPSA) is 81.1 Å². The zero-order valence-electron chi connectivity index (χ0n) is 9.57. The Hall–Kier alpha value is -2.15. The van der Waals surface area contributed by atoms with Crippen molar-refractivity contribution in [3.63, 3.8) is 0 Å². The molecule has 1 amide bonds. The third-order valence-corrected chi connectivity index (χ3v) is 3.78. The summed E-state index contributed by atoms with van der Waals surface area (Å²) in [5.41, 5.74) is 0.543. The molecule has 94 valence electrons. The molecule has 1 aromatic heterocycles.